The van der Waals surface area contributed by atoms with Gasteiger partial charge in [-0.1, -0.05) is 0 Å². The number of ether oxygens (including phenoxy) is 6. The molecule has 0 atom stereocenters. The summed E-state index contributed by atoms with van der Waals surface area (Å²) in [5.74, 6) is 0. The van der Waals surface area contributed by atoms with Gasteiger partial charge in [0, 0.05) is 0 Å². The maximum atomic E-state index is 5.33. The Morgan fingerprint density at radius 3 is 0.500 bits per heavy atom. The SMILES string of the molecule is C#C.C1COCCOCCOCCOCCOCCO1.N.N. The molecule has 8 nitrogen and oxygen atoms in total. The molecule has 0 radical (unpaired) electrons. The number of hydrogen-bond acceptors (Lipinski definition) is 8. The fourth-order valence-corrected chi connectivity index (χ4v) is 1.32. The van der Waals surface area contributed by atoms with Crippen molar-refractivity contribution in [1.29, 1.82) is 0 Å². The molecule has 0 spiro atoms. The molecular formula is C14H32N2O6. The molecule has 0 bridgehead atoms. The minimum absolute atomic E-state index is 0. The first-order valence-corrected chi connectivity index (χ1v) is 6.80. The second kappa shape index (κ2) is 25.2. The van der Waals surface area contributed by atoms with E-state index in [4.69, 9.17) is 28.4 Å². The van der Waals surface area contributed by atoms with Crippen LogP contribution in [0.25, 0.3) is 0 Å². The van der Waals surface area contributed by atoms with Gasteiger partial charge in [-0.05, 0) is 0 Å². The zero-order valence-corrected chi connectivity index (χ0v) is 13.5. The van der Waals surface area contributed by atoms with Gasteiger partial charge in [0.05, 0.1) is 79.3 Å². The van der Waals surface area contributed by atoms with Gasteiger partial charge in [-0.3, -0.25) is 0 Å². The van der Waals surface area contributed by atoms with Crippen LogP contribution in [-0.2, 0) is 28.4 Å². The molecule has 134 valence electrons. The fourth-order valence-electron chi connectivity index (χ4n) is 1.32. The van der Waals surface area contributed by atoms with Crippen molar-refractivity contribution in [2.24, 2.45) is 0 Å². The van der Waals surface area contributed by atoms with Crippen LogP contribution in [0, 0.1) is 12.8 Å². The van der Waals surface area contributed by atoms with Crippen LogP contribution in [0.1, 0.15) is 0 Å². The second-order valence-corrected chi connectivity index (χ2v) is 3.67. The van der Waals surface area contributed by atoms with Gasteiger partial charge in [-0.15, -0.1) is 12.8 Å². The number of rotatable bonds is 0. The van der Waals surface area contributed by atoms with Crippen LogP contribution in [0.5, 0.6) is 0 Å². The molecule has 1 rings (SSSR count). The van der Waals surface area contributed by atoms with E-state index in [1.165, 1.54) is 0 Å². The molecule has 0 aromatic rings. The van der Waals surface area contributed by atoms with Crippen LogP contribution in [0.15, 0.2) is 0 Å². The van der Waals surface area contributed by atoms with Gasteiger partial charge in [0.15, 0.2) is 0 Å². The molecule has 0 aliphatic carbocycles. The van der Waals surface area contributed by atoms with Crippen LogP contribution in [0.2, 0.25) is 0 Å². The van der Waals surface area contributed by atoms with Crippen molar-refractivity contribution in [2.75, 3.05) is 79.3 Å². The molecule has 22 heavy (non-hydrogen) atoms. The predicted octanol–water partition coefficient (Wildman–Crippen LogP) is 0.673. The van der Waals surface area contributed by atoms with E-state index < -0.39 is 0 Å². The zero-order valence-electron chi connectivity index (χ0n) is 13.5. The van der Waals surface area contributed by atoms with Gasteiger partial charge >= 0.3 is 0 Å². The minimum Gasteiger partial charge on any atom is -0.377 e. The summed E-state index contributed by atoms with van der Waals surface area (Å²) in [6, 6.07) is 0. The van der Waals surface area contributed by atoms with Crippen LogP contribution in [-0.4, -0.2) is 79.3 Å². The first kappa shape index (κ1) is 26.2. The normalized spacial score (nSPS) is 19.7. The minimum atomic E-state index is 0. The highest BCUT2D eigenvalue weighted by atomic mass is 16.6. The first-order valence-electron chi connectivity index (χ1n) is 6.80. The predicted molar refractivity (Wildman–Crippen MR) is 84.8 cm³/mol. The molecule has 0 unspecified atom stereocenters. The topological polar surface area (TPSA) is 125 Å². The maximum Gasteiger partial charge on any atom is 0.0701 e. The fraction of sp³-hybridized carbons (Fsp3) is 0.857. The highest BCUT2D eigenvalue weighted by Gasteiger charge is 1.95. The smallest absolute Gasteiger partial charge is 0.0701 e. The van der Waals surface area contributed by atoms with Gasteiger partial charge in [0.2, 0.25) is 0 Å². The molecule has 1 saturated heterocycles. The lowest BCUT2D eigenvalue weighted by atomic mass is 10.6. The summed E-state index contributed by atoms with van der Waals surface area (Å²) in [5.41, 5.74) is 0. The molecule has 0 aromatic heterocycles. The molecule has 1 heterocycles. The monoisotopic (exact) mass is 324 g/mol. The largest absolute Gasteiger partial charge is 0.377 e. The van der Waals surface area contributed by atoms with Crippen LogP contribution in [0.3, 0.4) is 0 Å². The number of hydrogen-bond donors (Lipinski definition) is 2. The Kier molecular flexibility index (Phi) is 30.0. The first-order chi connectivity index (χ1) is 10.0. The van der Waals surface area contributed by atoms with E-state index in [-0.39, 0.29) is 12.3 Å². The molecule has 1 fully saturated rings. The van der Waals surface area contributed by atoms with E-state index in [1.54, 1.807) is 0 Å². The summed E-state index contributed by atoms with van der Waals surface area (Å²) >= 11 is 0. The van der Waals surface area contributed by atoms with E-state index in [0.29, 0.717) is 79.3 Å². The van der Waals surface area contributed by atoms with Crippen molar-refractivity contribution in [3.8, 4) is 12.8 Å². The van der Waals surface area contributed by atoms with E-state index in [2.05, 4.69) is 12.8 Å². The van der Waals surface area contributed by atoms with Crippen LogP contribution < -0.4 is 12.3 Å². The summed E-state index contributed by atoms with van der Waals surface area (Å²) in [7, 11) is 0. The Bertz CT molecular complexity index is 132. The summed E-state index contributed by atoms with van der Waals surface area (Å²) in [6.45, 7) is 7.04. The molecule has 1 aliphatic heterocycles. The Hall–Kier alpha value is -0.760. The van der Waals surface area contributed by atoms with Crippen molar-refractivity contribution < 1.29 is 28.4 Å². The van der Waals surface area contributed by atoms with Crippen molar-refractivity contribution >= 4 is 0 Å². The Labute approximate surface area is 133 Å². The van der Waals surface area contributed by atoms with E-state index in [0.717, 1.165) is 0 Å². The molecule has 1 aliphatic rings. The van der Waals surface area contributed by atoms with Crippen molar-refractivity contribution in [1.82, 2.24) is 12.3 Å². The van der Waals surface area contributed by atoms with Gasteiger partial charge < -0.3 is 40.7 Å². The average molecular weight is 324 g/mol. The highest BCUT2D eigenvalue weighted by Crippen LogP contribution is 1.86. The third-order valence-electron chi connectivity index (χ3n) is 2.23. The van der Waals surface area contributed by atoms with Gasteiger partial charge in [0.25, 0.3) is 0 Å². The second-order valence-electron chi connectivity index (χ2n) is 3.67. The summed E-state index contributed by atoms with van der Waals surface area (Å²) in [4.78, 5) is 0. The zero-order chi connectivity index (χ0) is 14.7. The number of terminal acetylenes is 1. The third kappa shape index (κ3) is 21.5. The van der Waals surface area contributed by atoms with E-state index in [9.17, 15) is 0 Å². The quantitative estimate of drug-likeness (QED) is 0.623. The third-order valence-corrected chi connectivity index (χ3v) is 2.23. The van der Waals surface area contributed by atoms with Crippen LogP contribution in [0.4, 0.5) is 0 Å². The summed E-state index contributed by atoms with van der Waals surface area (Å²) < 4.78 is 32.0. The lowest BCUT2D eigenvalue weighted by Crippen LogP contribution is -2.16. The maximum absolute atomic E-state index is 5.33. The molecule has 0 saturated carbocycles. The summed E-state index contributed by atoms with van der Waals surface area (Å²) in [5, 5.41) is 0. The van der Waals surface area contributed by atoms with E-state index in [1.807, 2.05) is 0 Å². The van der Waals surface area contributed by atoms with Crippen molar-refractivity contribution in [2.45, 2.75) is 0 Å². The van der Waals surface area contributed by atoms with Crippen LogP contribution >= 0.6 is 0 Å². The van der Waals surface area contributed by atoms with Gasteiger partial charge in [-0.25, -0.2) is 0 Å². The highest BCUT2D eigenvalue weighted by molar-refractivity contribution is 4.47. The Balaban J connectivity index is -0.000000864. The molecule has 0 aromatic carbocycles. The van der Waals surface area contributed by atoms with Gasteiger partial charge in [0.1, 0.15) is 0 Å². The molecule has 6 N–H and O–H groups in total. The lowest BCUT2D eigenvalue weighted by Gasteiger charge is -2.09. The Morgan fingerprint density at radius 2 is 0.409 bits per heavy atom. The molecule has 0 amide bonds. The van der Waals surface area contributed by atoms with Crippen molar-refractivity contribution in [3.05, 3.63) is 0 Å². The summed E-state index contributed by atoms with van der Waals surface area (Å²) in [6.07, 6.45) is 8.00. The van der Waals surface area contributed by atoms with Gasteiger partial charge in [-0.2, -0.15) is 0 Å². The lowest BCUT2D eigenvalue weighted by molar-refractivity contribution is -0.0334. The standard InChI is InChI=1S/C12H24O6.C2H2.2H3N/c1-2-14-5-6-16-9-10-18-12-11-17-8-7-15-4-3-13-1;1-2;;/h1-12H2;1-2H;2*1H3. The molecular weight excluding hydrogens is 292 g/mol. The Morgan fingerprint density at radius 1 is 0.318 bits per heavy atom. The van der Waals surface area contributed by atoms with Crippen molar-refractivity contribution in [3.63, 3.8) is 0 Å². The average Bonchev–Trinajstić information content (AvgIpc) is 2.49. The molecule has 8 heteroatoms. The van der Waals surface area contributed by atoms with E-state index >= 15 is 0 Å².